The number of aromatic nitrogens is 2. The molecule has 0 bridgehead atoms. The largest absolute Gasteiger partial charge is 0.398 e. The highest BCUT2D eigenvalue weighted by Crippen LogP contribution is 1.95. The van der Waals surface area contributed by atoms with E-state index in [0.29, 0.717) is 0 Å². The molecule has 0 N–H and O–H groups in total. The van der Waals surface area contributed by atoms with Crippen LogP contribution in [-0.4, -0.2) is 28.5 Å². The first-order chi connectivity index (χ1) is 5.38. The minimum absolute atomic E-state index is 0.0197. The summed E-state index contributed by atoms with van der Waals surface area (Å²) in [6.45, 7) is 0. The lowest BCUT2D eigenvalue weighted by atomic mass is 10.4. The van der Waals surface area contributed by atoms with E-state index in [2.05, 4.69) is 19.4 Å². The molecule has 1 aromatic heterocycles. The van der Waals surface area contributed by atoms with E-state index in [1.807, 2.05) is 0 Å². The standard InChI is InChI=1S/C5H4N3O2S/c1-10-7-4(2-9)5-6-3-11-8-5/h3H,1H3/b7-4+. The fourth-order valence-electron chi connectivity index (χ4n) is 0.471. The van der Waals surface area contributed by atoms with Crippen molar-refractivity contribution >= 4 is 23.5 Å². The number of hydrogen-bond acceptors (Lipinski definition) is 6. The van der Waals surface area contributed by atoms with Gasteiger partial charge in [-0.2, -0.15) is 4.37 Å². The van der Waals surface area contributed by atoms with E-state index in [4.69, 9.17) is 0 Å². The third kappa shape index (κ3) is 1.81. The van der Waals surface area contributed by atoms with Crippen LogP contribution in [0.5, 0.6) is 0 Å². The van der Waals surface area contributed by atoms with Gasteiger partial charge in [-0.15, -0.1) is 0 Å². The van der Waals surface area contributed by atoms with Gasteiger partial charge >= 0.3 is 0 Å². The number of nitrogens with zero attached hydrogens (tertiary/aromatic N) is 3. The van der Waals surface area contributed by atoms with Gasteiger partial charge in [0.2, 0.25) is 0 Å². The Morgan fingerprint density at radius 2 is 2.73 bits per heavy atom. The molecule has 0 aliphatic carbocycles. The maximum Gasteiger partial charge on any atom is 0.261 e. The van der Waals surface area contributed by atoms with Crippen molar-refractivity contribution in [3.63, 3.8) is 0 Å². The van der Waals surface area contributed by atoms with Crippen LogP contribution < -0.4 is 0 Å². The first-order valence-corrected chi connectivity index (χ1v) is 3.48. The first kappa shape index (κ1) is 7.80. The molecule has 1 radical (unpaired) electrons. The fraction of sp³-hybridized carbons (Fsp3) is 0.200. The number of hydrogen-bond donors (Lipinski definition) is 0. The van der Waals surface area contributed by atoms with Crippen molar-refractivity contribution < 1.29 is 9.63 Å². The minimum atomic E-state index is -0.0197. The second kappa shape index (κ2) is 3.77. The quantitative estimate of drug-likeness (QED) is 0.473. The maximum absolute atomic E-state index is 10.2. The zero-order valence-corrected chi connectivity index (χ0v) is 6.46. The van der Waals surface area contributed by atoms with Crippen LogP contribution in [0.2, 0.25) is 0 Å². The molecule has 0 spiro atoms. The van der Waals surface area contributed by atoms with Crippen molar-refractivity contribution in [3.8, 4) is 0 Å². The van der Waals surface area contributed by atoms with Crippen molar-refractivity contribution in [1.82, 2.24) is 9.36 Å². The van der Waals surface area contributed by atoms with Crippen molar-refractivity contribution in [1.29, 1.82) is 0 Å². The highest BCUT2D eigenvalue weighted by molar-refractivity contribution is 7.03. The van der Waals surface area contributed by atoms with Gasteiger partial charge in [0.15, 0.2) is 11.5 Å². The summed E-state index contributed by atoms with van der Waals surface area (Å²) in [4.78, 5) is 18.3. The van der Waals surface area contributed by atoms with Gasteiger partial charge in [0.25, 0.3) is 6.29 Å². The van der Waals surface area contributed by atoms with Crippen LogP contribution in [0.3, 0.4) is 0 Å². The summed E-state index contributed by atoms with van der Waals surface area (Å²) >= 11 is 1.13. The Bertz CT molecular complexity index is 257. The smallest absolute Gasteiger partial charge is 0.261 e. The third-order valence-corrected chi connectivity index (χ3v) is 1.33. The molecular formula is C5H4N3O2S. The average Bonchev–Trinajstić information content (AvgIpc) is 2.52. The fourth-order valence-corrected chi connectivity index (χ4v) is 0.899. The second-order valence-electron chi connectivity index (χ2n) is 1.48. The number of carbonyl (C=O) groups excluding carboxylic acids is 1. The van der Waals surface area contributed by atoms with E-state index in [0.717, 1.165) is 11.5 Å². The summed E-state index contributed by atoms with van der Waals surface area (Å²) in [5.74, 6) is 0.242. The lowest BCUT2D eigenvalue weighted by Crippen LogP contribution is -2.04. The molecule has 0 aromatic carbocycles. The van der Waals surface area contributed by atoms with E-state index in [-0.39, 0.29) is 11.5 Å². The molecule has 0 amide bonds. The van der Waals surface area contributed by atoms with Gasteiger partial charge in [-0.1, -0.05) is 5.16 Å². The van der Waals surface area contributed by atoms with Crippen molar-refractivity contribution in [3.05, 3.63) is 11.3 Å². The molecule has 1 aromatic rings. The van der Waals surface area contributed by atoms with Crippen LogP contribution in [0.1, 0.15) is 5.82 Å². The minimum Gasteiger partial charge on any atom is -0.398 e. The van der Waals surface area contributed by atoms with Gasteiger partial charge in [0.1, 0.15) is 12.6 Å². The summed E-state index contributed by atoms with van der Waals surface area (Å²) in [7, 11) is 1.34. The van der Waals surface area contributed by atoms with Crippen LogP contribution in [0, 0.1) is 0 Å². The Labute approximate surface area is 66.9 Å². The molecule has 0 fully saturated rings. The molecule has 0 saturated carbocycles. The molecule has 11 heavy (non-hydrogen) atoms. The summed E-state index contributed by atoms with van der Waals surface area (Å²) < 4.78 is 3.76. The topological polar surface area (TPSA) is 64.4 Å². The van der Waals surface area contributed by atoms with Gasteiger partial charge in [-0.05, 0) is 11.5 Å². The van der Waals surface area contributed by atoms with Crippen LogP contribution in [0.25, 0.3) is 0 Å². The van der Waals surface area contributed by atoms with Gasteiger partial charge in [0.05, 0.1) is 0 Å². The Morgan fingerprint density at radius 1 is 1.91 bits per heavy atom. The lowest BCUT2D eigenvalue weighted by Gasteiger charge is -1.87. The van der Waals surface area contributed by atoms with Crippen molar-refractivity contribution in [2.24, 2.45) is 5.16 Å². The van der Waals surface area contributed by atoms with Crippen molar-refractivity contribution in [2.75, 3.05) is 7.11 Å². The molecule has 1 heterocycles. The van der Waals surface area contributed by atoms with Crippen LogP contribution >= 0.6 is 11.5 Å². The molecule has 0 atom stereocenters. The lowest BCUT2D eigenvalue weighted by molar-refractivity contribution is 0.214. The molecule has 0 unspecified atom stereocenters. The molecule has 0 aliphatic rings. The summed E-state index contributed by atoms with van der Waals surface area (Å²) in [6, 6.07) is 0. The second-order valence-corrected chi connectivity index (χ2v) is 2.08. The van der Waals surface area contributed by atoms with Gasteiger partial charge in [0, 0.05) is 0 Å². The van der Waals surface area contributed by atoms with Crippen LogP contribution in [0.15, 0.2) is 10.7 Å². The summed E-state index contributed by atoms with van der Waals surface area (Å²) in [5, 5.41) is 3.36. The monoisotopic (exact) mass is 170 g/mol. The Hall–Kier alpha value is -1.30. The SMILES string of the molecule is CO/N=C(\[C]=O)c1ncsn1. The van der Waals surface area contributed by atoms with Crippen LogP contribution in [0.4, 0.5) is 0 Å². The molecular weight excluding hydrogens is 166 g/mol. The zero-order valence-electron chi connectivity index (χ0n) is 5.64. The van der Waals surface area contributed by atoms with Gasteiger partial charge < -0.3 is 4.84 Å². The van der Waals surface area contributed by atoms with E-state index in [1.54, 1.807) is 6.29 Å². The maximum atomic E-state index is 10.2. The Kier molecular flexibility index (Phi) is 2.67. The third-order valence-electron chi connectivity index (χ3n) is 0.852. The zero-order chi connectivity index (χ0) is 8.10. The normalized spacial score (nSPS) is 11.2. The number of oxime groups is 1. The Balaban J connectivity index is 2.88. The predicted molar refractivity (Wildman–Crippen MR) is 39.1 cm³/mol. The average molecular weight is 170 g/mol. The van der Waals surface area contributed by atoms with Gasteiger partial charge in [-0.3, -0.25) is 4.79 Å². The van der Waals surface area contributed by atoms with E-state index < -0.39 is 0 Å². The molecule has 1 rings (SSSR count). The molecule has 0 saturated heterocycles. The van der Waals surface area contributed by atoms with E-state index in [1.165, 1.54) is 12.6 Å². The molecule has 5 nitrogen and oxygen atoms in total. The molecule has 57 valence electrons. The first-order valence-electron chi connectivity index (χ1n) is 2.64. The summed E-state index contributed by atoms with van der Waals surface area (Å²) in [6.07, 6.45) is 1.56. The number of rotatable bonds is 3. The highest BCUT2D eigenvalue weighted by Gasteiger charge is 2.07. The van der Waals surface area contributed by atoms with Crippen LogP contribution in [-0.2, 0) is 9.63 Å². The molecule has 6 heteroatoms. The van der Waals surface area contributed by atoms with Crippen molar-refractivity contribution in [2.45, 2.75) is 0 Å². The molecule has 0 aliphatic heterocycles. The van der Waals surface area contributed by atoms with Gasteiger partial charge in [-0.25, -0.2) is 4.98 Å². The van der Waals surface area contributed by atoms with E-state index >= 15 is 0 Å². The Morgan fingerprint density at radius 3 is 3.18 bits per heavy atom. The van der Waals surface area contributed by atoms with E-state index in [9.17, 15) is 4.79 Å². The summed E-state index contributed by atoms with van der Waals surface area (Å²) in [5.41, 5.74) is 1.48. The predicted octanol–water partition coefficient (Wildman–Crippen LogP) is -0.00170. The highest BCUT2D eigenvalue weighted by atomic mass is 32.1.